The van der Waals surface area contributed by atoms with E-state index in [0.717, 1.165) is 12.1 Å². The van der Waals surface area contributed by atoms with E-state index in [2.05, 4.69) is 60.8 Å². The molecule has 0 aromatic heterocycles. The predicted octanol–water partition coefficient (Wildman–Crippen LogP) is 5.30. The van der Waals surface area contributed by atoms with Gasteiger partial charge in [0.05, 0.1) is 0 Å². The lowest BCUT2D eigenvalue weighted by molar-refractivity contribution is 0.208. The van der Waals surface area contributed by atoms with Gasteiger partial charge in [-0.05, 0) is 36.6 Å². The summed E-state index contributed by atoms with van der Waals surface area (Å²) >= 11 is 0. The summed E-state index contributed by atoms with van der Waals surface area (Å²) in [6.07, 6.45) is 0.906. The molecule has 1 N–H and O–H groups in total. The molecule has 3 aromatic rings. The summed E-state index contributed by atoms with van der Waals surface area (Å²) in [6, 6.07) is 30.9. The molecule has 3 heteroatoms. The Morgan fingerprint density at radius 3 is 1.85 bits per heavy atom. The van der Waals surface area contributed by atoms with Crippen LogP contribution >= 0.6 is 0 Å². The largest absolute Gasteiger partial charge is 0.322 e. The van der Waals surface area contributed by atoms with Crippen molar-refractivity contribution in [3.05, 3.63) is 102 Å². The van der Waals surface area contributed by atoms with Gasteiger partial charge in [-0.2, -0.15) is 0 Å². The Hall–Kier alpha value is -3.07. The summed E-state index contributed by atoms with van der Waals surface area (Å²) in [5, 5.41) is 3.04. The maximum absolute atomic E-state index is 13.0. The number of nitrogens with zero attached hydrogens (tertiary/aromatic N) is 1. The highest BCUT2D eigenvalue weighted by molar-refractivity contribution is 5.90. The molecule has 1 fully saturated rings. The van der Waals surface area contributed by atoms with Gasteiger partial charge < -0.3 is 10.2 Å². The predicted molar refractivity (Wildman–Crippen MR) is 110 cm³/mol. The first kappa shape index (κ1) is 17.3. The van der Waals surface area contributed by atoms with Gasteiger partial charge in [-0.25, -0.2) is 4.79 Å². The minimum Gasteiger partial charge on any atom is -0.321 e. The van der Waals surface area contributed by atoms with Gasteiger partial charge in [0.15, 0.2) is 0 Å². The number of hydrogen-bond donors (Lipinski definition) is 1. The highest BCUT2D eigenvalue weighted by Gasteiger charge is 2.46. The van der Waals surface area contributed by atoms with E-state index in [1.807, 2.05) is 47.4 Å². The Balaban J connectivity index is 1.67. The van der Waals surface area contributed by atoms with Crippen LogP contribution in [0.25, 0.3) is 0 Å². The van der Waals surface area contributed by atoms with Crippen molar-refractivity contribution in [1.29, 1.82) is 0 Å². The van der Waals surface area contributed by atoms with E-state index in [0.29, 0.717) is 6.54 Å². The van der Waals surface area contributed by atoms with Crippen molar-refractivity contribution < 1.29 is 4.79 Å². The van der Waals surface area contributed by atoms with E-state index in [1.54, 1.807) is 0 Å². The SMILES string of the molecule is CC1CC(c2ccccc2)(c2ccccc2)CN1C(=O)Nc1ccccc1. The number of urea groups is 1. The fraction of sp³-hybridized carbons (Fsp3) is 0.208. The zero-order valence-electron chi connectivity index (χ0n) is 15.5. The lowest BCUT2D eigenvalue weighted by Crippen LogP contribution is -2.39. The van der Waals surface area contributed by atoms with E-state index < -0.39 is 0 Å². The topological polar surface area (TPSA) is 32.3 Å². The number of likely N-dealkylation sites (tertiary alicyclic amines) is 1. The van der Waals surface area contributed by atoms with Gasteiger partial charge >= 0.3 is 6.03 Å². The third kappa shape index (κ3) is 3.33. The molecule has 1 aliphatic heterocycles. The van der Waals surface area contributed by atoms with Gasteiger partial charge in [-0.1, -0.05) is 78.9 Å². The highest BCUT2D eigenvalue weighted by Crippen LogP contribution is 2.43. The van der Waals surface area contributed by atoms with Crippen LogP contribution in [0.1, 0.15) is 24.5 Å². The highest BCUT2D eigenvalue weighted by atomic mass is 16.2. The lowest BCUT2D eigenvalue weighted by atomic mass is 9.73. The van der Waals surface area contributed by atoms with E-state index >= 15 is 0 Å². The molecular formula is C24H24N2O. The van der Waals surface area contributed by atoms with Crippen molar-refractivity contribution in [2.24, 2.45) is 0 Å². The van der Waals surface area contributed by atoms with Crippen LogP contribution in [0.2, 0.25) is 0 Å². The molecule has 1 atom stereocenters. The Kier molecular flexibility index (Phi) is 4.68. The number of anilines is 1. The third-order valence-corrected chi connectivity index (χ3v) is 5.55. The first-order valence-electron chi connectivity index (χ1n) is 9.43. The number of carbonyl (C=O) groups is 1. The van der Waals surface area contributed by atoms with Crippen LogP contribution in [-0.2, 0) is 5.41 Å². The van der Waals surface area contributed by atoms with Crippen LogP contribution in [0.5, 0.6) is 0 Å². The molecule has 3 aromatic carbocycles. The van der Waals surface area contributed by atoms with Crippen molar-refractivity contribution in [3.8, 4) is 0 Å². The van der Waals surface area contributed by atoms with E-state index in [-0.39, 0.29) is 17.5 Å². The van der Waals surface area contributed by atoms with Crippen LogP contribution in [0, 0.1) is 0 Å². The molecule has 136 valence electrons. The van der Waals surface area contributed by atoms with Crippen LogP contribution in [0.4, 0.5) is 10.5 Å². The third-order valence-electron chi connectivity index (χ3n) is 5.55. The Labute approximate surface area is 160 Å². The molecule has 0 bridgehead atoms. The number of para-hydroxylation sites is 1. The van der Waals surface area contributed by atoms with Gasteiger partial charge in [0.1, 0.15) is 0 Å². The summed E-state index contributed by atoms with van der Waals surface area (Å²) < 4.78 is 0. The molecule has 0 aliphatic carbocycles. The monoisotopic (exact) mass is 356 g/mol. The molecule has 1 heterocycles. The van der Waals surface area contributed by atoms with Crippen molar-refractivity contribution >= 4 is 11.7 Å². The van der Waals surface area contributed by atoms with Gasteiger partial charge in [0.2, 0.25) is 0 Å². The number of carbonyl (C=O) groups excluding carboxylic acids is 1. The number of hydrogen-bond acceptors (Lipinski definition) is 1. The van der Waals surface area contributed by atoms with Crippen LogP contribution < -0.4 is 5.32 Å². The average molecular weight is 356 g/mol. The van der Waals surface area contributed by atoms with Gasteiger partial charge in [0, 0.05) is 23.7 Å². The first-order valence-corrected chi connectivity index (χ1v) is 9.43. The summed E-state index contributed by atoms with van der Waals surface area (Å²) in [5.74, 6) is 0. The van der Waals surface area contributed by atoms with Crippen LogP contribution in [0.15, 0.2) is 91.0 Å². The van der Waals surface area contributed by atoms with E-state index in [9.17, 15) is 4.79 Å². The molecule has 1 saturated heterocycles. The van der Waals surface area contributed by atoms with Gasteiger partial charge in [0.25, 0.3) is 0 Å². The number of benzene rings is 3. The molecule has 2 amide bonds. The first-order chi connectivity index (χ1) is 13.2. The smallest absolute Gasteiger partial charge is 0.321 e. The molecule has 1 unspecified atom stereocenters. The lowest BCUT2D eigenvalue weighted by Gasteiger charge is -2.30. The van der Waals surface area contributed by atoms with Crippen LogP contribution in [0.3, 0.4) is 0 Å². The van der Waals surface area contributed by atoms with Gasteiger partial charge in [-0.15, -0.1) is 0 Å². The quantitative estimate of drug-likeness (QED) is 0.679. The second-order valence-corrected chi connectivity index (χ2v) is 7.29. The summed E-state index contributed by atoms with van der Waals surface area (Å²) in [5.41, 5.74) is 3.17. The molecule has 0 radical (unpaired) electrons. The van der Waals surface area contributed by atoms with Crippen molar-refractivity contribution in [3.63, 3.8) is 0 Å². The van der Waals surface area contributed by atoms with Crippen molar-refractivity contribution in [2.75, 3.05) is 11.9 Å². The maximum atomic E-state index is 13.0. The van der Waals surface area contributed by atoms with Gasteiger partial charge in [-0.3, -0.25) is 0 Å². The van der Waals surface area contributed by atoms with E-state index in [1.165, 1.54) is 11.1 Å². The molecule has 3 nitrogen and oxygen atoms in total. The summed E-state index contributed by atoms with van der Waals surface area (Å²) in [4.78, 5) is 15.0. The molecule has 0 saturated carbocycles. The molecule has 4 rings (SSSR count). The number of amides is 2. The van der Waals surface area contributed by atoms with Crippen molar-refractivity contribution in [1.82, 2.24) is 4.90 Å². The normalized spacial score (nSPS) is 18.3. The molecular weight excluding hydrogens is 332 g/mol. The average Bonchev–Trinajstić information content (AvgIpc) is 3.09. The van der Waals surface area contributed by atoms with Crippen molar-refractivity contribution in [2.45, 2.75) is 24.8 Å². The van der Waals surface area contributed by atoms with E-state index in [4.69, 9.17) is 0 Å². The number of nitrogens with one attached hydrogen (secondary N) is 1. The Bertz CT molecular complexity index is 854. The summed E-state index contributed by atoms with van der Waals surface area (Å²) in [7, 11) is 0. The zero-order chi connectivity index (χ0) is 18.7. The van der Waals surface area contributed by atoms with Crippen LogP contribution in [-0.4, -0.2) is 23.5 Å². The number of rotatable bonds is 3. The Morgan fingerprint density at radius 2 is 1.33 bits per heavy atom. The minimum atomic E-state index is -0.185. The standard InChI is InChI=1S/C24H24N2O/c1-19-17-24(20-11-5-2-6-12-20,21-13-7-3-8-14-21)18-26(19)23(27)25-22-15-9-4-10-16-22/h2-16,19H,17-18H2,1H3,(H,25,27). The molecule has 27 heavy (non-hydrogen) atoms. The molecule has 0 spiro atoms. The summed E-state index contributed by atoms with van der Waals surface area (Å²) in [6.45, 7) is 2.80. The second kappa shape index (κ2) is 7.28. The fourth-order valence-electron chi connectivity index (χ4n) is 4.21. The maximum Gasteiger partial charge on any atom is 0.322 e. The fourth-order valence-corrected chi connectivity index (χ4v) is 4.21. The zero-order valence-corrected chi connectivity index (χ0v) is 15.5. The molecule has 1 aliphatic rings. The second-order valence-electron chi connectivity index (χ2n) is 7.29. The minimum absolute atomic E-state index is 0.0394. The Morgan fingerprint density at radius 1 is 0.852 bits per heavy atom.